The molecule has 0 bridgehead atoms. The summed E-state index contributed by atoms with van der Waals surface area (Å²) in [6, 6.07) is 17.2. The molecule has 0 atom stereocenters. The standard InChI is InChI=1S/C24H23NO5/c1-15(2)30-24(28)21(25-23(27)17-7-5-4-6-8-17)14-20-19-13-18(29-3)11-9-16(19)10-12-22(20)26/h4-15,26H,1-3H3,(H,25,27)/b21-14-. The summed E-state index contributed by atoms with van der Waals surface area (Å²) in [5.41, 5.74) is 0.684. The highest BCUT2D eigenvalue weighted by atomic mass is 16.5. The van der Waals surface area contributed by atoms with Gasteiger partial charge in [-0.15, -0.1) is 0 Å². The van der Waals surface area contributed by atoms with Crippen LogP contribution in [0.5, 0.6) is 11.5 Å². The van der Waals surface area contributed by atoms with Crippen molar-refractivity contribution < 1.29 is 24.2 Å². The summed E-state index contributed by atoms with van der Waals surface area (Å²) in [4.78, 5) is 25.3. The second-order valence-corrected chi connectivity index (χ2v) is 6.92. The van der Waals surface area contributed by atoms with E-state index in [4.69, 9.17) is 9.47 Å². The zero-order valence-corrected chi connectivity index (χ0v) is 17.0. The fraction of sp³-hybridized carbons (Fsp3) is 0.167. The van der Waals surface area contributed by atoms with Gasteiger partial charge < -0.3 is 19.9 Å². The normalized spacial score (nSPS) is 11.4. The maximum Gasteiger partial charge on any atom is 0.355 e. The number of phenols is 1. The Labute approximate surface area is 174 Å². The topological polar surface area (TPSA) is 84.9 Å². The highest BCUT2D eigenvalue weighted by molar-refractivity contribution is 6.05. The number of phenolic OH excluding ortho intramolecular Hbond substituents is 1. The van der Waals surface area contributed by atoms with Crippen molar-refractivity contribution in [3.05, 3.63) is 77.5 Å². The maximum atomic E-state index is 12.7. The third-order valence-electron chi connectivity index (χ3n) is 4.38. The van der Waals surface area contributed by atoms with Gasteiger partial charge in [0.15, 0.2) is 0 Å². The molecular weight excluding hydrogens is 382 g/mol. The Balaban J connectivity index is 2.10. The van der Waals surface area contributed by atoms with Crippen LogP contribution < -0.4 is 10.1 Å². The van der Waals surface area contributed by atoms with Crippen LogP contribution in [0, 0.1) is 0 Å². The summed E-state index contributed by atoms with van der Waals surface area (Å²) in [6.07, 6.45) is 1.04. The van der Waals surface area contributed by atoms with Crippen LogP contribution in [0.25, 0.3) is 16.8 Å². The van der Waals surface area contributed by atoms with Crippen molar-refractivity contribution in [2.75, 3.05) is 7.11 Å². The lowest BCUT2D eigenvalue weighted by molar-refractivity contribution is -0.142. The van der Waals surface area contributed by atoms with E-state index in [1.54, 1.807) is 69.5 Å². The van der Waals surface area contributed by atoms with Gasteiger partial charge in [0.2, 0.25) is 0 Å². The average Bonchev–Trinajstić information content (AvgIpc) is 2.74. The largest absolute Gasteiger partial charge is 0.507 e. The zero-order valence-electron chi connectivity index (χ0n) is 17.0. The van der Waals surface area contributed by atoms with E-state index < -0.39 is 11.9 Å². The van der Waals surface area contributed by atoms with Crippen molar-refractivity contribution >= 4 is 28.7 Å². The molecule has 0 aliphatic rings. The van der Waals surface area contributed by atoms with Crippen LogP contribution in [-0.2, 0) is 9.53 Å². The van der Waals surface area contributed by atoms with E-state index in [1.165, 1.54) is 12.1 Å². The first-order chi connectivity index (χ1) is 14.4. The lowest BCUT2D eigenvalue weighted by Gasteiger charge is -2.14. The molecule has 0 radical (unpaired) electrons. The minimum absolute atomic E-state index is 0.0421. The van der Waals surface area contributed by atoms with Gasteiger partial charge in [0, 0.05) is 11.1 Å². The van der Waals surface area contributed by atoms with Gasteiger partial charge in [-0.25, -0.2) is 4.79 Å². The number of methoxy groups -OCH3 is 1. The van der Waals surface area contributed by atoms with E-state index in [0.29, 0.717) is 22.3 Å². The van der Waals surface area contributed by atoms with Crippen molar-refractivity contribution in [2.45, 2.75) is 20.0 Å². The van der Waals surface area contributed by atoms with Gasteiger partial charge in [0.05, 0.1) is 13.2 Å². The molecule has 30 heavy (non-hydrogen) atoms. The second kappa shape index (κ2) is 9.13. The number of amides is 1. The minimum atomic E-state index is -0.700. The molecule has 3 aromatic carbocycles. The SMILES string of the molecule is COc1ccc2ccc(O)c(/C=C(\NC(=O)c3ccccc3)C(=O)OC(C)C)c2c1. The summed E-state index contributed by atoms with van der Waals surface area (Å²) in [6.45, 7) is 3.43. The van der Waals surface area contributed by atoms with Gasteiger partial charge in [0.1, 0.15) is 17.2 Å². The molecule has 6 heteroatoms. The molecule has 0 heterocycles. The third-order valence-corrected chi connectivity index (χ3v) is 4.38. The lowest BCUT2D eigenvalue weighted by atomic mass is 10.0. The first-order valence-corrected chi connectivity index (χ1v) is 9.48. The summed E-state index contributed by atoms with van der Waals surface area (Å²) in [5, 5.41) is 14.6. The average molecular weight is 405 g/mol. The fourth-order valence-corrected chi connectivity index (χ4v) is 2.94. The molecular formula is C24H23NO5. The quantitative estimate of drug-likeness (QED) is 0.472. The smallest absolute Gasteiger partial charge is 0.355 e. The molecule has 0 saturated heterocycles. The van der Waals surface area contributed by atoms with Crippen molar-refractivity contribution in [1.29, 1.82) is 0 Å². The molecule has 0 saturated carbocycles. The Kier molecular flexibility index (Phi) is 6.37. The molecule has 0 unspecified atom stereocenters. The summed E-state index contributed by atoms with van der Waals surface area (Å²) < 4.78 is 10.6. The number of hydrogen-bond acceptors (Lipinski definition) is 5. The van der Waals surface area contributed by atoms with Gasteiger partial charge in [-0.05, 0) is 61.0 Å². The van der Waals surface area contributed by atoms with Crippen LogP contribution in [0.1, 0.15) is 29.8 Å². The van der Waals surface area contributed by atoms with E-state index in [9.17, 15) is 14.7 Å². The summed E-state index contributed by atoms with van der Waals surface area (Å²) in [7, 11) is 1.55. The number of rotatable bonds is 6. The van der Waals surface area contributed by atoms with Crippen molar-refractivity contribution in [3.63, 3.8) is 0 Å². The van der Waals surface area contributed by atoms with E-state index in [0.717, 1.165) is 5.39 Å². The van der Waals surface area contributed by atoms with Gasteiger partial charge in [-0.3, -0.25) is 4.79 Å². The van der Waals surface area contributed by atoms with E-state index in [1.807, 2.05) is 6.07 Å². The van der Waals surface area contributed by atoms with E-state index in [-0.39, 0.29) is 17.6 Å². The number of carbonyl (C=O) groups excluding carboxylic acids is 2. The molecule has 3 aromatic rings. The van der Waals surface area contributed by atoms with Crippen molar-refractivity contribution in [2.24, 2.45) is 0 Å². The molecule has 0 spiro atoms. The third kappa shape index (κ3) is 4.78. The van der Waals surface area contributed by atoms with Crippen LogP contribution >= 0.6 is 0 Å². The van der Waals surface area contributed by atoms with Crippen LogP contribution in [0.2, 0.25) is 0 Å². The highest BCUT2D eigenvalue weighted by Gasteiger charge is 2.19. The predicted molar refractivity (Wildman–Crippen MR) is 115 cm³/mol. The number of aromatic hydroxyl groups is 1. The first kappa shape index (κ1) is 20.9. The van der Waals surface area contributed by atoms with Crippen LogP contribution in [-0.4, -0.2) is 30.2 Å². The molecule has 6 nitrogen and oxygen atoms in total. The Morgan fingerprint density at radius 3 is 2.40 bits per heavy atom. The molecule has 0 aromatic heterocycles. The second-order valence-electron chi connectivity index (χ2n) is 6.92. The first-order valence-electron chi connectivity index (χ1n) is 9.48. The fourth-order valence-electron chi connectivity index (χ4n) is 2.94. The number of benzene rings is 3. The van der Waals surface area contributed by atoms with E-state index >= 15 is 0 Å². The summed E-state index contributed by atoms with van der Waals surface area (Å²) in [5.74, 6) is -0.601. The molecule has 2 N–H and O–H groups in total. The Bertz CT molecular complexity index is 1100. The Hall–Kier alpha value is -3.80. The molecule has 3 rings (SSSR count). The molecule has 154 valence electrons. The Morgan fingerprint density at radius 1 is 1.03 bits per heavy atom. The van der Waals surface area contributed by atoms with Crippen LogP contribution in [0.15, 0.2) is 66.4 Å². The molecule has 1 amide bonds. The Morgan fingerprint density at radius 2 is 1.73 bits per heavy atom. The van der Waals surface area contributed by atoms with Gasteiger partial charge in [-0.1, -0.05) is 30.3 Å². The van der Waals surface area contributed by atoms with Crippen molar-refractivity contribution in [1.82, 2.24) is 5.32 Å². The van der Waals surface area contributed by atoms with Crippen LogP contribution in [0.4, 0.5) is 0 Å². The van der Waals surface area contributed by atoms with Gasteiger partial charge in [-0.2, -0.15) is 0 Å². The summed E-state index contributed by atoms with van der Waals surface area (Å²) >= 11 is 0. The molecule has 0 fully saturated rings. The molecule has 0 aliphatic carbocycles. The number of hydrogen-bond donors (Lipinski definition) is 2. The minimum Gasteiger partial charge on any atom is -0.507 e. The maximum absolute atomic E-state index is 12.7. The number of nitrogens with one attached hydrogen (secondary N) is 1. The molecule has 0 aliphatic heterocycles. The number of fused-ring (bicyclic) bond motifs is 1. The van der Waals surface area contributed by atoms with E-state index in [2.05, 4.69) is 5.32 Å². The van der Waals surface area contributed by atoms with Gasteiger partial charge in [0.25, 0.3) is 5.91 Å². The lowest BCUT2D eigenvalue weighted by Crippen LogP contribution is -2.29. The van der Waals surface area contributed by atoms with Crippen LogP contribution in [0.3, 0.4) is 0 Å². The number of esters is 1. The van der Waals surface area contributed by atoms with Crippen molar-refractivity contribution in [3.8, 4) is 11.5 Å². The highest BCUT2D eigenvalue weighted by Crippen LogP contribution is 2.32. The number of carbonyl (C=O) groups is 2. The monoisotopic (exact) mass is 405 g/mol. The number of ether oxygens (including phenoxy) is 2. The zero-order chi connectivity index (χ0) is 21.7. The predicted octanol–water partition coefficient (Wildman–Crippen LogP) is 4.28. The van der Waals surface area contributed by atoms with Gasteiger partial charge >= 0.3 is 5.97 Å².